The third kappa shape index (κ3) is 4.58. The van der Waals surface area contributed by atoms with Crippen LogP contribution in [0.25, 0.3) is 0 Å². The van der Waals surface area contributed by atoms with Gasteiger partial charge in [-0.2, -0.15) is 5.10 Å². The smallest absolute Gasteiger partial charge is 0.247 e. The molecule has 7 heteroatoms. The van der Waals surface area contributed by atoms with Crippen LogP contribution in [0.4, 0.5) is 11.5 Å². The van der Waals surface area contributed by atoms with Gasteiger partial charge in [0.1, 0.15) is 5.82 Å². The Hall–Kier alpha value is -2.93. The molecule has 0 spiro atoms. The van der Waals surface area contributed by atoms with Crippen molar-refractivity contribution in [1.82, 2.24) is 9.78 Å². The second-order valence-corrected chi connectivity index (χ2v) is 6.12. The maximum atomic E-state index is 12.3. The van der Waals surface area contributed by atoms with Crippen LogP contribution in [0.15, 0.2) is 49.2 Å². The Morgan fingerprint density at radius 2 is 2.08 bits per heavy atom. The molecule has 3 rings (SSSR count). The van der Waals surface area contributed by atoms with Crippen LogP contribution in [0.2, 0.25) is 0 Å². The molecule has 2 amide bonds. The number of rotatable bonds is 7. The van der Waals surface area contributed by atoms with E-state index in [1.54, 1.807) is 12.3 Å². The third-order valence-electron chi connectivity index (χ3n) is 4.24. The minimum Gasteiger partial charge on any atom is -0.379 e. The van der Waals surface area contributed by atoms with Crippen molar-refractivity contribution in [2.24, 2.45) is 0 Å². The lowest BCUT2D eigenvalue weighted by molar-refractivity contribution is -0.116. The molecule has 2 aromatic rings. The fraction of sp³-hybridized carbons (Fsp3) is 0.316. The molecule has 1 saturated heterocycles. The van der Waals surface area contributed by atoms with Gasteiger partial charge in [-0.05, 0) is 36.6 Å². The van der Waals surface area contributed by atoms with E-state index in [0.29, 0.717) is 31.0 Å². The quantitative estimate of drug-likeness (QED) is 0.748. The summed E-state index contributed by atoms with van der Waals surface area (Å²) in [5, 5.41) is 9.90. The molecule has 0 saturated carbocycles. The number of nitrogens with zero attached hydrogens (tertiary/aromatic N) is 2. The molecule has 136 valence electrons. The van der Waals surface area contributed by atoms with Gasteiger partial charge in [0.05, 0.1) is 18.8 Å². The molecule has 2 heterocycles. The Labute approximate surface area is 152 Å². The summed E-state index contributed by atoms with van der Waals surface area (Å²) in [6.07, 6.45) is 4.79. The lowest BCUT2D eigenvalue weighted by Gasteiger charge is -2.13. The zero-order chi connectivity index (χ0) is 18.4. The molecular weight excluding hydrogens is 332 g/mol. The zero-order valence-corrected chi connectivity index (χ0v) is 14.5. The first-order valence-electron chi connectivity index (χ1n) is 8.59. The molecule has 0 aliphatic carbocycles. The molecule has 1 aromatic heterocycles. The average molecular weight is 354 g/mol. The summed E-state index contributed by atoms with van der Waals surface area (Å²) in [6, 6.07) is 9.39. The first-order chi connectivity index (χ1) is 12.7. The highest BCUT2D eigenvalue weighted by molar-refractivity contribution is 5.98. The monoisotopic (exact) mass is 354 g/mol. The van der Waals surface area contributed by atoms with E-state index in [1.165, 1.54) is 6.08 Å². The maximum Gasteiger partial charge on any atom is 0.247 e. The summed E-state index contributed by atoms with van der Waals surface area (Å²) in [6.45, 7) is 4.76. The van der Waals surface area contributed by atoms with E-state index in [9.17, 15) is 9.59 Å². The maximum absolute atomic E-state index is 12.3. The van der Waals surface area contributed by atoms with Crippen LogP contribution >= 0.6 is 0 Å². The predicted octanol–water partition coefficient (Wildman–Crippen LogP) is 2.54. The molecule has 2 N–H and O–H groups in total. The van der Waals surface area contributed by atoms with Crippen molar-refractivity contribution in [1.29, 1.82) is 0 Å². The summed E-state index contributed by atoms with van der Waals surface area (Å²) in [5.74, 6) is 0.393. The summed E-state index contributed by atoms with van der Waals surface area (Å²) in [7, 11) is 0. The van der Waals surface area contributed by atoms with Crippen LogP contribution in [-0.2, 0) is 20.7 Å². The zero-order valence-electron chi connectivity index (χ0n) is 14.5. The summed E-state index contributed by atoms with van der Waals surface area (Å²) in [4.78, 5) is 23.5. The second-order valence-electron chi connectivity index (χ2n) is 6.12. The Morgan fingerprint density at radius 1 is 1.27 bits per heavy atom. The molecule has 1 aliphatic heterocycles. The molecule has 1 fully saturated rings. The number of amides is 2. The van der Waals surface area contributed by atoms with Gasteiger partial charge in [-0.1, -0.05) is 18.7 Å². The van der Waals surface area contributed by atoms with Crippen LogP contribution in [0, 0.1) is 0 Å². The fourth-order valence-corrected chi connectivity index (χ4v) is 2.83. The van der Waals surface area contributed by atoms with Crippen molar-refractivity contribution in [2.75, 3.05) is 23.8 Å². The number of benzene rings is 1. The Morgan fingerprint density at radius 3 is 2.77 bits per heavy atom. The summed E-state index contributed by atoms with van der Waals surface area (Å²) >= 11 is 0. The van der Waals surface area contributed by atoms with Crippen LogP contribution in [-0.4, -0.2) is 34.8 Å². The SMILES string of the molecule is C=CC(=O)Nc1ccc(CCC(=O)Nc2ccnn2C2CCOC2)cc1. The number of hydrogen-bond acceptors (Lipinski definition) is 4. The number of carbonyl (C=O) groups excluding carboxylic acids is 2. The van der Waals surface area contributed by atoms with E-state index in [0.717, 1.165) is 18.6 Å². The van der Waals surface area contributed by atoms with Crippen molar-refractivity contribution in [3.05, 3.63) is 54.7 Å². The molecule has 1 atom stereocenters. The van der Waals surface area contributed by atoms with Gasteiger partial charge in [0.25, 0.3) is 0 Å². The largest absolute Gasteiger partial charge is 0.379 e. The lowest BCUT2D eigenvalue weighted by Crippen LogP contribution is -2.19. The van der Waals surface area contributed by atoms with Gasteiger partial charge in [0.15, 0.2) is 0 Å². The number of aromatic nitrogens is 2. The number of hydrogen-bond donors (Lipinski definition) is 2. The lowest BCUT2D eigenvalue weighted by atomic mass is 10.1. The van der Waals surface area contributed by atoms with Gasteiger partial charge in [-0.15, -0.1) is 0 Å². The number of aryl methyl sites for hydroxylation is 1. The minimum atomic E-state index is -0.249. The van der Waals surface area contributed by atoms with Crippen molar-refractivity contribution in [3.8, 4) is 0 Å². The standard InChI is InChI=1S/C19H22N4O3/c1-2-18(24)21-15-6-3-14(4-7-15)5-8-19(25)22-17-9-11-20-23(17)16-10-12-26-13-16/h2-4,6-7,9,11,16H,1,5,8,10,12-13H2,(H,21,24)(H,22,25). The van der Waals surface area contributed by atoms with Crippen LogP contribution < -0.4 is 10.6 Å². The van der Waals surface area contributed by atoms with Gasteiger partial charge in [0, 0.05) is 24.8 Å². The second kappa shape index (κ2) is 8.44. The van der Waals surface area contributed by atoms with Crippen molar-refractivity contribution < 1.29 is 14.3 Å². The molecular formula is C19H22N4O3. The van der Waals surface area contributed by atoms with Gasteiger partial charge < -0.3 is 15.4 Å². The Kier molecular flexibility index (Phi) is 5.80. The summed E-state index contributed by atoms with van der Waals surface area (Å²) in [5.41, 5.74) is 1.72. The van der Waals surface area contributed by atoms with Crippen molar-refractivity contribution in [2.45, 2.75) is 25.3 Å². The minimum absolute atomic E-state index is 0.0605. The number of ether oxygens (including phenoxy) is 1. The van der Waals surface area contributed by atoms with E-state index >= 15 is 0 Å². The van der Waals surface area contributed by atoms with Crippen molar-refractivity contribution >= 4 is 23.3 Å². The highest BCUT2D eigenvalue weighted by Crippen LogP contribution is 2.22. The fourth-order valence-electron chi connectivity index (χ4n) is 2.83. The first-order valence-corrected chi connectivity index (χ1v) is 8.59. The number of anilines is 2. The Balaban J connectivity index is 1.51. The molecule has 26 heavy (non-hydrogen) atoms. The highest BCUT2D eigenvalue weighted by atomic mass is 16.5. The van der Waals surface area contributed by atoms with Crippen LogP contribution in [0.1, 0.15) is 24.4 Å². The van der Waals surface area contributed by atoms with E-state index in [2.05, 4.69) is 22.3 Å². The van der Waals surface area contributed by atoms with Gasteiger partial charge >= 0.3 is 0 Å². The number of carbonyl (C=O) groups is 2. The van der Waals surface area contributed by atoms with Crippen LogP contribution in [0.5, 0.6) is 0 Å². The normalized spacial score (nSPS) is 16.2. The van der Waals surface area contributed by atoms with E-state index in [-0.39, 0.29) is 17.9 Å². The number of nitrogens with one attached hydrogen (secondary N) is 2. The van der Waals surface area contributed by atoms with E-state index < -0.39 is 0 Å². The van der Waals surface area contributed by atoms with E-state index in [1.807, 2.05) is 28.9 Å². The van der Waals surface area contributed by atoms with Gasteiger partial charge in [-0.3, -0.25) is 9.59 Å². The molecule has 7 nitrogen and oxygen atoms in total. The van der Waals surface area contributed by atoms with Gasteiger partial charge in [0.2, 0.25) is 11.8 Å². The Bertz CT molecular complexity index is 776. The summed E-state index contributed by atoms with van der Waals surface area (Å²) < 4.78 is 7.20. The van der Waals surface area contributed by atoms with E-state index in [4.69, 9.17) is 4.74 Å². The van der Waals surface area contributed by atoms with Crippen LogP contribution in [0.3, 0.4) is 0 Å². The first kappa shape index (κ1) is 17.9. The molecule has 0 bridgehead atoms. The average Bonchev–Trinajstić information content (AvgIpc) is 3.32. The van der Waals surface area contributed by atoms with Crippen molar-refractivity contribution in [3.63, 3.8) is 0 Å². The third-order valence-corrected chi connectivity index (χ3v) is 4.24. The molecule has 1 aromatic carbocycles. The molecule has 1 unspecified atom stereocenters. The topological polar surface area (TPSA) is 85.3 Å². The molecule has 0 radical (unpaired) electrons. The molecule has 1 aliphatic rings. The van der Waals surface area contributed by atoms with Gasteiger partial charge in [-0.25, -0.2) is 4.68 Å². The predicted molar refractivity (Wildman–Crippen MR) is 98.9 cm³/mol. The highest BCUT2D eigenvalue weighted by Gasteiger charge is 2.21.